The van der Waals surface area contributed by atoms with E-state index in [4.69, 9.17) is 42.0 Å². The maximum Gasteiger partial charge on any atom is 0.407 e. The highest BCUT2D eigenvalue weighted by molar-refractivity contribution is 7.98. The zero-order chi connectivity index (χ0) is 83.0. The molecular weight excluding hydrogens is 1540 g/mol. The van der Waals surface area contributed by atoms with E-state index in [2.05, 4.69) is 47.9 Å². The van der Waals surface area contributed by atoms with Crippen LogP contribution in [0.1, 0.15) is 102 Å². The number of aryl methyl sites for hydroxylation is 1. The minimum absolute atomic E-state index is 0.0118. The number of likely N-dealkylation sites (tertiary alicyclic amines) is 1. The van der Waals surface area contributed by atoms with Crippen LogP contribution in [0.3, 0.4) is 0 Å². The SMILES string of the molecule is COc1ccc(CSC[C@H](NC(=O)[C@H](CC(N)=O)NC(=O)[C@H](CCCNC(=O)OCc2ccccc2)NC(=O)[C@H](Cc2ccccc2)NC(=O)[C@H](Cc2ccc(OCc3ccccc3)cc2)NC(=O)CCSCc2ccc(C)cc2)C(=O)N2CCC[C@H]2C(=O)N[C@@H](CCCCNC(=O)OCc2ccccc2Cl)C(=O)NCC(N)=O)cc1. The number of hydrogen-bond acceptors (Lipinski definition) is 18. The molecule has 7 aromatic carbocycles. The number of nitrogens with zero attached hydrogens (tertiary/aromatic N) is 1. The van der Waals surface area contributed by atoms with E-state index in [1.54, 1.807) is 127 Å². The van der Waals surface area contributed by atoms with Crippen LogP contribution in [-0.4, -0.2) is 163 Å². The predicted molar refractivity (Wildman–Crippen MR) is 442 cm³/mol. The van der Waals surface area contributed by atoms with Crippen molar-refractivity contribution < 1.29 is 76.5 Å². The fourth-order valence-electron chi connectivity index (χ4n) is 12.3. The molecule has 0 radical (unpaired) electrons. The molecule has 0 aliphatic carbocycles. The lowest BCUT2D eigenvalue weighted by Crippen LogP contribution is -2.61. The Hall–Kier alpha value is -11.6. The zero-order valence-corrected chi connectivity index (χ0v) is 67.2. The Labute approximate surface area is 688 Å². The van der Waals surface area contributed by atoms with E-state index >= 15 is 24.0 Å². The molecular formula is C85H101ClN12O16S2. The molecule has 1 aliphatic heterocycles. The third-order valence-corrected chi connectivity index (χ3v) is 21.1. The Morgan fingerprint density at radius 1 is 0.483 bits per heavy atom. The number of nitrogens with one attached hydrogen (secondary N) is 9. The Morgan fingerprint density at radius 3 is 1.61 bits per heavy atom. The fraction of sp³-hybridized carbons (Fsp3) is 0.365. The van der Waals surface area contributed by atoms with Crippen LogP contribution in [0.5, 0.6) is 11.5 Å². The van der Waals surface area contributed by atoms with Gasteiger partial charge in [0.2, 0.25) is 59.1 Å². The van der Waals surface area contributed by atoms with Gasteiger partial charge in [-0.05, 0) is 116 Å². The van der Waals surface area contributed by atoms with Gasteiger partial charge in [-0.1, -0.05) is 175 Å². The molecule has 1 fully saturated rings. The quantitative estimate of drug-likeness (QED) is 0.0165. The van der Waals surface area contributed by atoms with Crippen molar-refractivity contribution in [1.82, 2.24) is 52.8 Å². The molecule has 12 amide bonds. The fourth-order valence-corrected chi connectivity index (χ4v) is 14.4. The van der Waals surface area contributed by atoms with Gasteiger partial charge in [0.1, 0.15) is 73.6 Å². The third kappa shape index (κ3) is 32.0. The average Bonchev–Trinajstić information content (AvgIpc) is 1.78. The van der Waals surface area contributed by atoms with Gasteiger partial charge in [-0.3, -0.25) is 47.9 Å². The number of thioether (sulfide) groups is 2. The number of rotatable bonds is 47. The summed E-state index contributed by atoms with van der Waals surface area (Å²) in [5, 5.41) is 24.7. The van der Waals surface area contributed by atoms with Gasteiger partial charge in [0.05, 0.1) is 20.1 Å². The van der Waals surface area contributed by atoms with Gasteiger partial charge in [-0.15, -0.1) is 0 Å². The molecule has 616 valence electrons. The smallest absolute Gasteiger partial charge is 0.407 e. The van der Waals surface area contributed by atoms with Crippen molar-refractivity contribution in [3.8, 4) is 11.5 Å². The van der Waals surface area contributed by atoms with E-state index < -0.39 is 127 Å². The van der Waals surface area contributed by atoms with Gasteiger partial charge in [-0.2, -0.15) is 23.5 Å². The minimum atomic E-state index is -1.83. The number of alkyl carbamates (subject to hydrolysis) is 2. The van der Waals surface area contributed by atoms with Crippen LogP contribution in [0.25, 0.3) is 0 Å². The molecule has 28 nitrogen and oxygen atoms in total. The number of carbonyl (C=O) groups excluding carboxylic acids is 12. The van der Waals surface area contributed by atoms with Crippen LogP contribution in [0.4, 0.5) is 9.59 Å². The van der Waals surface area contributed by atoms with Gasteiger partial charge in [-0.25, -0.2) is 9.59 Å². The molecule has 31 heteroatoms. The largest absolute Gasteiger partial charge is 0.497 e. The van der Waals surface area contributed by atoms with Gasteiger partial charge < -0.3 is 83.2 Å². The van der Waals surface area contributed by atoms with Crippen molar-refractivity contribution in [1.29, 1.82) is 0 Å². The lowest BCUT2D eigenvalue weighted by molar-refractivity contribution is -0.142. The van der Waals surface area contributed by atoms with Crippen molar-refractivity contribution in [2.75, 3.05) is 44.8 Å². The second-order valence-corrected chi connectivity index (χ2v) is 30.2. The molecule has 0 spiro atoms. The van der Waals surface area contributed by atoms with Crippen LogP contribution < -0.4 is 68.8 Å². The highest BCUT2D eigenvalue weighted by atomic mass is 35.5. The first kappa shape index (κ1) is 89.9. The zero-order valence-electron chi connectivity index (χ0n) is 64.8. The number of unbranched alkanes of at least 4 members (excludes halogenated alkanes) is 1. The molecule has 0 bridgehead atoms. The highest BCUT2D eigenvalue weighted by Gasteiger charge is 2.41. The molecule has 13 N–H and O–H groups in total. The van der Waals surface area contributed by atoms with Crippen molar-refractivity contribution in [2.45, 2.75) is 151 Å². The molecule has 1 saturated heterocycles. The predicted octanol–water partition coefficient (Wildman–Crippen LogP) is 7.46. The number of nitrogens with two attached hydrogens (primary N) is 2. The maximum atomic E-state index is 15.2. The topological polar surface area (TPSA) is 405 Å². The third-order valence-electron chi connectivity index (χ3n) is 18.6. The number of ether oxygens (including phenoxy) is 4. The normalized spacial score (nSPS) is 13.8. The molecule has 8 rings (SSSR count). The molecule has 7 atom stereocenters. The van der Waals surface area contributed by atoms with Gasteiger partial charge in [0, 0.05) is 72.5 Å². The Morgan fingerprint density at radius 2 is 0.983 bits per heavy atom. The number of methoxy groups -OCH3 is 1. The maximum absolute atomic E-state index is 15.2. The molecule has 0 saturated carbocycles. The van der Waals surface area contributed by atoms with Gasteiger partial charge in [0.15, 0.2) is 0 Å². The number of amides is 12. The van der Waals surface area contributed by atoms with Crippen molar-refractivity contribution >= 4 is 106 Å². The Balaban J connectivity index is 1.01. The summed E-state index contributed by atoms with van der Waals surface area (Å²) in [6.07, 6.45) is -1.68. The molecule has 0 unspecified atom stereocenters. The highest BCUT2D eigenvalue weighted by Crippen LogP contribution is 2.25. The second-order valence-electron chi connectivity index (χ2n) is 27.7. The summed E-state index contributed by atoms with van der Waals surface area (Å²) >= 11 is 8.99. The summed E-state index contributed by atoms with van der Waals surface area (Å²) in [7, 11) is 1.52. The van der Waals surface area contributed by atoms with E-state index in [0.717, 1.165) is 27.8 Å². The summed E-state index contributed by atoms with van der Waals surface area (Å²) in [5.41, 5.74) is 17.7. The van der Waals surface area contributed by atoms with Crippen LogP contribution in [0.2, 0.25) is 5.02 Å². The van der Waals surface area contributed by atoms with E-state index in [0.29, 0.717) is 69.9 Å². The summed E-state index contributed by atoms with van der Waals surface area (Å²) in [5.74, 6) is -5.91. The van der Waals surface area contributed by atoms with Crippen molar-refractivity contribution in [3.63, 3.8) is 0 Å². The lowest BCUT2D eigenvalue weighted by atomic mass is 10.0. The molecule has 116 heavy (non-hydrogen) atoms. The van der Waals surface area contributed by atoms with E-state index in [1.807, 2.05) is 79.7 Å². The molecule has 1 heterocycles. The van der Waals surface area contributed by atoms with E-state index in [-0.39, 0.29) is 90.0 Å². The number of hydrogen-bond donors (Lipinski definition) is 11. The first-order chi connectivity index (χ1) is 56.0. The van der Waals surface area contributed by atoms with Crippen LogP contribution in [0, 0.1) is 6.92 Å². The first-order valence-corrected chi connectivity index (χ1v) is 40.9. The van der Waals surface area contributed by atoms with E-state index in [9.17, 15) is 33.6 Å². The minimum Gasteiger partial charge on any atom is -0.497 e. The monoisotopic (exact) mass is 1640 g/mol. The van der Waals surface area contributed by atoms with Crippen LogP contribution in [0.15, 0.2) is 188 Å². The van der Waals surface area contributed by atoms with Crippen molar-refractivity contribution in [3.05, 3.63) is 238 Å². The Kier molecular flexibility index (Phi) is 37.6. The molecule has 0 aromatic heterocycles. The standard InChI is InChI=1S/C85H101ClN12O16S2/c1-56-29-31-61(32-30-56)53-115-45-41-76(101)92-69(47-58-33-39-65(40-34-58)112-50-59-20-8-4-9-21-59)79(104)95-70(46-57-18-6-3-7-19-57)80(105)93-68(27-16-43-90-84(109)113-51-60-22-10-5-11-23-60)78(103)96-71(48-74(87)99)81(106)97-72(55-116-54-62-35-37-64(111-2)38-36-62)83(108)98-44-17-28-73(98)82(107)94-67(77(102)91-49-75(88)100)26-14-15-42-89-85(110)114-52-63-24-12-13-25-66(63)86/h3-13,18-25,29-40,67-73H,14-17,26-28,41-55H2,1-2H3,(H2,87,99)(H2,88,100)(H,89,110)(H,90,109)(H,91,102)(H,92,101)(H,93,105)(H,94,107)(H,95,104)(H,96,103)(H,97,106)/t67-,68-,69-,70-,71-,72-,73-/m0/s1. The number of carbonyl (C=O) groups is 12. The van der Waals surface area contributed by atoms with Gasteiger partial charge >= 0.3 is 12.2 Å². The summed E-state index contributed by atoms with van der Waals surface area (Å²) in [4.78, 5) is 170. The molecule has 1 aliphatic rings. The molecule has 7 aromatic rings. The van der Waals surface area contributed by atoms with Crippen molar-refractivity contribution in [2.24, 2.45) is 11.5 Å². The second kappa shape index (κ2) is 48.6. The van der Waals surface area contributed by atoms with Crippen LogP contribution in [-0.2, 0) is 102 Å². The van der Waals surface area contributed by atoms with Gasteiger partial charge in [0.25, 0.3) is 0 Å². The number of halogens is 1. The first-order valence-electron chi connectivity index (χ1n) is 38.2. The summed E-state index contributed by atoms with van der Waals surface area (Å²) in [6.45, 7) is 1.65. The Bertz CT molecular complexity index is 4370. The van der Waals surface area contributed by atoms with E-state index in [1.165, 1.54) is 23.8 Å². The average molecular weight is 1650 g/mol. The summed E-state index contributed by atoms with van der Waals surface area (Å²) in [6, 6.07) is 46.3. The van der Waals surface area contributed by atoms with Crippen LogP contribution >= 0.6 is 35.1 Å². The summed E-state index contributed by atoms with van der Waals surface area (Å²) < 4.78 is 22.1. The number of primary amides is 2. The number of benzene rings is 7. The lowest BCUT2D eigenvalue weighted by Gasteiger charge is -2.31.